The number of rotatable bonds is 7. The molecule has 0 aliphatic heterocycles. The molecule has 4 rings (SSSR count). The molecule has 0 aliphatic rings. The van der Waals surface area contributed by atoms with E-state index in [1.54, 1.807) is 10.7 Å². The summed E-state index contributed by atoms with van der Waals surface area (Å²) in [4.78, 5) is 4.43. The van der Waals surface area contributed by atoms with Crippen molar-refractivity contribution >= 4 is 37.4 Å². The van der Waals surface area contributed by atoms with Gasteiger partial charge in [0.2, 0.25) is 10.0 Å². The van der Waals surface area contributed by atoms with Crippen molar-refractivity contribution in [2.24, 2.45) is 0 Å². The maximum atomic E-state index is 12.7. The maximum Gasteiger partial charge on any atom is 0.416 e. The molecule has 0 spiro atoms. The highest BCUT2D eigenvalue weighted by atomic mass is 79.9. The topological polar surface area (TPSA) is 88.4 Å². The summed E-state index contributed by atoms with van der Waals surface area (Å²) in [5, 5.41) is 7.44. The Morgan fingerprint density at radius 3 is 2.44 bits per heavy atom. The van der Waals surface area contributed by atoms with E-state index in [9.17, 15) is 21.6 Å². The highest BCUT2D eigenvalue weighted by Crippen LogP contribution is 2.30. The van der Waals surface area contributed by atoms with Gasteiger partial charge in [-0.3, -0.25) is 0 Å². The molecule has 0 fully saturated rings. The Hall–Kier alpha value is -2.96. The Morgan fingerprint density at radius 1 is 1.06 bits per heavy atom. The summed E-state index contributed by atoms with van der Waals surface area (Å²) in [5.74, 6) is 0.600. The number of sulfonamides is 1. The summed E-state index contributed by atoms with van der Waals surface area (Å²) in [7, 11) is -3.97. The number of nitrogens with one attached hydrogen (secondary N) is 2. The van der Waals surface area contributed by atoms with Gasteiger partial charge in [0.1, 0.15) is 5.82 Å². The van der Waals surface area contributed by atoms with Gasteiger partial charge in [-0.05, 0) is 52.7 Å². The van der Waals surface area contributed by atoms with Gasteiger partial charge in [0, 0.05) is 24.7 Å². The van der Waals surface area contributed by atoms with Crippen molar-refractivity contribution in [1.29, 1.82) is 0 Å². The average Bonchev–Trinajstić information content (AvgIpc) is 3.17. The monoisotopic (exact) mass is 553 g/mol. The Bertz CT molecular complexity index is 1440. The number of hydrogen-bond acceptors (Lipinski definition) is 5. The summed E-state index contributed by atoms with van der Waals surface area (Å²) in [6.07, 6.45) is -2.92. The van der Waals surface area contributed by atoms with E-state index in [-0.39, 0.29) is 18.0 Å². The van der Waals surface area contributed by atoms with Crippen LogP contribution in [0, 0.1) is 6.92 Å². The van der Waals surface area contributed by atoms with Crippen molar-refractivity contribution in [2.75, 3.05) is 18.4 Å². The van der Waals surface area contributed by atoms with Crippen molar-refractivity contribution in [3.8, 4) is 11.3 Å². The van der Waals surface area contributed by atoms with E-state index in [2.05, 4.69) is 36.1 Å². The average molecular weight is 554 g/mol. The first-order valence-corrected chi connectivity index (χ1v) is 12.3. The van der Waals surface area contributed by atoms with E-state index in [0.29, 0.717) is 15.9 Å². The van der Waals surface area contributed by atoms with Crippen LogP contribution in [-0.2, 0) is 16.2 Å². The van der Waals surface area contributed by atoms with Crippen molar-refractivity contribution in [3.63, 3.8) is 0 Å². The van der Waals surface area contributed by atoms with Crippen molar-refractivity contribution < 1.29 is 21.6 Å². The van der Waals surface area contributed by atoms with Crippen molar-refractivity contribution in [2.45, 2.75) is 18.0 Å². The van der Waals surface area contributed by atoms with E-state index in [0.717, 1.165) is 41.1 Å². The van der Waals surface area contributed by atoms with Crippen LogP contribution >= 0.6 is 15.9 Å². The van der Waals surface area contributed by atoms with Gasteiger partial charge in [0.25, 0.3) is 0 Å². The predicted octanol–water partition coefficient (Wildman–Crippen LogP) is 4.88. The Kier molecular flexibility index (Phi) is 6.65. The Morgan fingerprint density at radius 2 is 1.76 bits per heavy atom. The number of fused-ring (bicyclic) bond motifs is 1. The zero-order valence-corrected chi connectivity index (χ0v) is 20.2. The van der Waals surface area contributed by atoms with Gasteiger partial charge in [0.15, 0.2) is 5.65 Å². The normalized spacial score (nSPS) is 12.3. The minimum Gasteiger partial charge on any atom is -0.369 e. The first-order valence-electron chi connectivity index (χ1n) is 10.1. The largest absolute Gasteiger partial charge is 0.416 e. The molecule has 0 aliphatic carbocycles. The van der Waals surface area contributed by atoms with Crippen LogP contribution in [0.1, 0.15) is 11.1 Å². The highest BCUT2D eigenvalue weighted by Gasteiger charge is 2.30. The van der Waals surface area contributed by atoms with Crippen LogP contribution in [0.5, 0.6) is 0 Å². The SMILES string of the molecule is Cc1ccccc1-c1cc(NCCNS(=O)(=O)c2ccc(C(F)(F)F)cc2)n2ncc(Br)c2n1. The minimum atomic E-state index is -4.53. The van der Waals surface area contributed by atoms with Crippen LogP contribution < -0.4 is 10.0 Å². The summed E-state index contributed by atoms with van der Waals surface area (Å²) in [6, 6.07) is 13.0. The molecule has 2 N–H and O–H groups in total. The van der Waals surface area contributed by atoms with Gasteiger partial charge >= 0.3 is 6.18 Å². The lowest BCUT2D eigenvalue weighted by molar-refractivity contribution is -0.137. The lowest BCUT2D eigenvalue weighted by atomic mass is 10.1. The van der Waals surface area contributed by atoms with E-state index in [1.807, 2.05) is 37.3 Å². The molecule has 0 saturated carbocycles. The van der Waals surface area contributed by atoms with Crippen LogP contribution in [0.4, 0.5) is 19.0 Å². The van der Waals surface area contributed by atoms with E-state index in [1.165, 1.54) is 0 Å². The summed E-state index contributed by atoms with van der Waals surface area (Å²) < 4.78 is 67.7. The standard InChI is InChI=1S/C22H19BrF3N5O2S/c1-14-4-2-3-5-17(14)19-12-20(31-21(30-19)18(23)13-28-31)27-10-11-29-34(32,33)16-8-6-15(7-9-16)22(24,25)26/h2-9,12-13,27,29H,10-11H2,1H3. The highest BCUT2D eigenvalue weighted by molar-refractivity contribution is 9.10. The van der Waals surface area contributed by atoms with Gasteiger partial charge in [-0.1, -0.05) is 24.3 Å². The number of aryl methyl sites for hydroxylation is 1. The second-order valence-electron chi connectivity index (χ2n) is 7.42. The van der Waals surface area contributed by atoms with Crippen molar-refractivity contribution in [3.05, 3.63) is 76.4 Å². The zero-order valence-electron chi connectivity index (χ0n) is 17.8. The molecule has 12 heteroatoms. The number of anilines is 1. The molecule has 0 radical (unpaired) electrons. The van der Waals surface area contributed by atoms with E-state index < -0.39 is 21.8 Å². The molecule has 2 aromatic heterocycles. The molecule has 0 atom stereocenters. The van der Waals surface area contributed by atoms with Gasteiger partial charge in [-0.15, -0.1) is 0 Å². The lowest BCUT2D eigenvalue weighted by Crippen LogP contribution is -2.29. The molecule has 0 bridgehead atoms. The van der Waals surface area contributed by atoms with Gasteiger partial charge in [-0.2, -0.15) is 22.8 Å². The molecule has 7 nitrogen and oxygen atoms in total. The molecule has 178 valence electrons. The molecule has 2 aromatic carbocycles. The molecule has 0 unspecified atom stereocenters. The Balaban J connectivity index is 1.49. The number of alkyl halides is 3. The number of aromatic nitrogens is 3. The molecule has 2 heterocycles. The van der Waals surface area contributed by atoms with E-state index >= 15 is 0 Å². The summed E-state index contributed by atoms with van der Waals surface area (Å²) >= 11 is 3.44. The number of halogens is 4. The molecule has 4 aromatic rings. The van der Waals surface area contributed by atoms with Crippen LogP contribution in [0.15, 0.2) is 70.2 Å². The third-order valence-corrected chi connectivity index (χ3v) is 7.10. The lowest BCUT2D eigenvalue weighted by Gasteiger charge is -2.13. The molecule has 34 heavy (non-hydrogen) atoms. The fourth-order valence-electron chi connectivity index (χ4n) is 3.34. The summed E-state index contributed by atoms with van der Waals surface area (Å²) in [6.45, 7) is 2.18. The molecular weight excluding hydrogens is 535 g/mol. The second-order valence-corrected chi connectivity index (χ2v) is 10.0. The molecular formula is C22H19BrF3N5O2S. The van der Waals surface area contributed by atoms with Gasteiger partial charge in [0.05, 0.1) is 26.8 Å². The van der Waals surface area contributed by atoms with Crippen LogP contribution in [0.25, 0.3) is 16.9 Å². The predicted molar refractivity (Wildman–Crippen MR) is 126 cm³/mol. The third kappa shape index (κ3) is 5.08. The maximum absolute atomic E-state index is 12.7. The molecule has 0 amide bonds. The third-order valence-electron chi connectivity index (χ3n) is 5.06. The number of nitrogens with zero attached hydrogens (tertiary/aromatic N) is 3. The quantitative estimate of drug-likeness (QED) is 0.318. The molecule has 0 saturated heterocycles. The Labute approximate surface area is 202 Å². The first-order chi connectivity index (χ1) is 16.1. The van der Waals surface area contributed by atoms with Gasteiger partial charge in [-0.25, -0.2) is 18.1 Å². The van der Waals surface area contributed by atoms with Crippen LogP contribution in [0.2, 0.25) is 0 Å². The first kappa shape index (κ1) is 24.2. The fraction of sp³-hybridized carbons (Fsp3) is 0.182. The minimum absolute atomic E-state index is 0.00465. The van der Waals surface area contributed by atoms with E-state index in [4.69, 9.17) is 0 Å². The summed E-state index contributed by atoms with van der Waals surface area (Å²) in [5.41, 5.74) is 2.40. The van der Waals surface area contributed by atoms with Crippen LogP contribution in [-0.4, -0.2) is 36.1 Å². The van der Waals surface area contributed by atoms with Crippen LogP contribution in [0.3, 0.4) is 0 Å². The smallest absolute Gasteiger partial charge is 0.369 e. The van der Waals surface area contributed by atoms with Gasteiger partial charge < -0.3 is 5.32 Å². The fourth-order valence-corrected chi connectivity index (χ4v) is 4.72. The number of hydrogen-bond donors (Lipinski definition) is 2. The zero-order chi connectivity index (χ0) is 24.5. The number of benzene rings is 2. The second kappa shape index (κ2) is 9.35. The van der Waals surface area contributed by atoms with Crippen molar-refractivity contribution in [1.82, 2.24) is 19.3 Å².